The van der Waals surface area contributed by atoms with Gasteiger partial charge in [0.25, 0.3) is 0 Å². The van der Waals surface area contributed by atoms with Gasteiger partial charge in [0, 0.05) is 0 Å². The van der Waals surface area contributed by atoms with E-state index < -0.39 is 0 Å². The number of hydrogen-bond acceptors (Lipinski definition) is 0. The largest absolute Gasteiger partial charge is 0.0882 e. The highest BCUT2D eigenvalue weighted by atomic mass is 13.9. The molecule has 0 heteroatoms. The lowest BCUT2D eigenvalue weighted by Gasteiger charge is -1.92. The molecule has 43 valence electrons. The Morgan fingerprint density at radius 2 is 1.88 bits per heavy atom. The van der Waals surface area contributed by atoms with Crippen molar-refractivity contribution in [2.75, 3.05) is 0 Å². The van der Waals surface area contributed by atoms with E-state index >= 15 is 0 Å². The van der Waals surface area contributed by atoms with Gasteiger partial charge < -0.3 is 0 Å². The Labute approximate surface area is 50.9 Å². The minimum atomic E-state index is 1.11. The minimum Gasteiger partial charge on any atom is -0.0882 e. The fourth-order valence-corrected chi connectivity index (χ4v) is 0.756. The smallest absolute Gasteiger partial charge is 0.0167 e. The first-order valence-electron chi connectivity index (χ1n) is 3.13. The molecule has 0 aromatic heterocycles. The molecule has 1 aliphatic carbocycles. The standard InChI is InChI=1S/C8H11/c1-2-4-6-8-7-5-3-1/h1-3,6,8H,4-5,7H2/b2-1?,8-6-. The van der Waals surface area contributed by atoms with Gasteiger partial charge >= 0.3 is 0 Å². The van der Waals surface area contributed by atoms with Crippen LogP contribution in [-0.2, 0) is 0 Å². The summed E-state index contributed by atoms with van der Waals surface area (Å²) in [5.74, 6) is 0. The Bertz CT molecular complexity index is 86.6. The Kier molecular flexibility index (Phi) is 2.44. The Morgan fingerprint density at radius 1 is 0.875 bits per heavy atom. The molecule has 0 amide bonds. The van der Waals surface area contributed by atoms with E-state index in [9.17, 15) is 0 Å². The van der Waals surface area contributed by atoms with Crippen molar-refractivity contribution in [1.29, 1.82) is 0 Å². The average molecular weight is 107 g/mol. The second-order valence-corrected chi connectivity index (χ2v) is 1.95. The van der Waals surface area contributed by atoms with Crippen LogP contribution in [0.2, 0.25) is 0 Å². The first-order valence-corrected chi connectivity index (χ1v) is 3.13. The molecule has 0 fully saturated rings. The molecule has 0 unspecified atom stereocenters. The maximum absolute atomic E-state index is 2.24. The highest BCUT2D eigenvalue weighted by molar-refractivity contribution is 5.02. The highest BCUT2D eigenvalue weighted by Crippen LogP contribution is 2.01. The van der Waals surface area contributed by atoms with Gasteiger partial charge in [-0.1, -0.05) is 24.3 Å². The van der Waals surface area contributed by atoms with Crippen LogP contribution in [0.15, 0.2) is 24.3 Å². The third-order valence-electron chi connectivity index (χ3n) is 1.21. The van der Waals surface area contributed by atoms with Gasteiger partial charge in [-0.05, 0) is 25.7 Å². The molecule has 0 heterocycles. The topological polar surface area (TPSA) is 0 Å². The van der Waals surface area contributed by atoms with Crippen molar-refractivity contribution in [1.82, 2.24) is 0 Å². The third-order valence-corrected chi connectivity index (χ3v) is 1.21. The molecule has 0 saturated heterocycles. The van der Waals surface area contributed by atoms with Gasteiger partial charge in [0.15, 0.2) is 0 Å². The number of allylic oxidation sites excluding steroid dienone is 4. The first kappa shape index (κ1) is 5.61. The van der Waals surface area contributed by atoms with Gasteiger partial charge in [-0.25, -0.2) is 0 Å². The second kappa shape index (κ2) is 3.48. The zero-order chi connectivity index (χ0) is 5.66. The summed E-state index contributed by atoms with van der Waals surface area (Å²) in [6.45, 7) is 0. The van der Waals surface area contributed by atoms with Gasteiger partial charge in [0.2, 0.25) is 0 Å². The van der Waals surface area contributed by atoms with E-state index in [1.807, 2.05) is 0 Å². The van der Waals surface area contributed by atoms with Crippen LogP contribution in [-0.4, -0.2) is 0 Å². The summed E-state index contributed by atoms with van der Waals surface area (Å²) in [6.07, 6.45) is 14.5. The summed E-state index contributed by atoms with van der Waals surface area (Å²) in [5, 5.41) is 0. The maximum atomic E-state index is 2.24. The number of rotatable bonds is 0. The fraction of sp³-hybridized carbons (Fsp3) is 0.375. The zero-order valence-corrected chi connectivity index (χ0v) is 5.01. The van der Waals surface area contributed by atoms with E-state index in [1.165, 1.54) is 12.8 Å². The molecular formula is C8H11. The predicted octanol–water partition coefficient (Wildman–Crippen LogP) is 2.49. The van der Waals surface area contributed by atoms with Gasteiger partial charge in [0.05, 0.1) is 0 Å². The van der Waals surface area contributed by atoms with Crippen LogP contribution in [0.4, 0.5) is 0 Å². The summed E-state index contributed by atoms with van der Waals surface area (Å²) in [6, 6.07) is 0. The van der Waals surface area contributed by atoms with Crippen LogP contribution in [0.3, 0.4) is 0 Å². The summed E-state index contributed by atoms with van der Waals surface area (Å²) in [5.41, 5.74) is 0. The Morgan fingerprint density at radius 3 is 2.88 bits per heavy atom. The van der Waals surface area contributed by atoms with Gasteiger partial charge in [-0.15, -0.1) is 0 Å². The van der Waals surface area contributed by atoms with Crippen molar-refractivity contribution in [2.24, 2.45) is 0 Å². The summed E-state index contributed by atoms with van der Waals surface area (Å²) in [7, 11) is 0. The van der Waals surface area contributed by atoms with Crippen molar-refractivity contribution < 1.29 is 0 Å². The van der Waals surface area contributed by atoms with Crippen LogP contribution in [0.25, 0.3) is 0 Å². The lowest BCUT2D eigenvalue weighted by molar-refractivity contribution is 0.987. The highest BCUT2D eigenvalue weighted by Gasteiger charge is 1.83. The molecule has 0 aromatic rings. The van der Waals surface area contributed by atoms with Crippen LogP contribution >= 0.6 is 0 Å². The maximum Gasteiger partial charge on any atom is -0.0167 e. The quantitative estimate of drug-likeness (QED) is 0.417. The van der Waals surface area contributed by atoms with Crippen LogP contribution in [0, 0.1) is 6.42 Å². The summed E-state index contributed by atoms with van der Waals surface area (Å²) >= 11 is 0. The third kappa shape index (κ3) is 1.97. The molecule has 0 nitrogen and oxygen atoms in total. The van der Waals surface area contributed by atoms with Gasteiger partial charge in [0.1, 0.15) is 0 Å². The van der Waals surface area contributed by atoms with Crippen molar-refractivity contribution in [3.05, 3.63) is 30.7 Å². The van der Waals surface area contributed by atoms with Crippen molar-refractivity contribution in [3.8, 4) is 0 Å². The fourth-order valence-electron chi connectivity index (χ4n) is 0.756. The summed E-state index contributed by atoms with van der Waals surface area (Å²) in [4.78, 5) is 0. The molecule has 0 N–H and O–H groups in total. The van der Waals surface area contributed by atoms with E-state index in [-0.39, 0.29) is 0 Å². The first-order chi connectivity index (χ1) is 4.00. The predicted molar refractivity (Wildman–Crippen MR) is 36.4 cm³/mol. The summed E-state index contributed by atoms with van der Waals surface area (Å²) < 4.78 is 0. The normalized spacial score (nSPS) is 24.0. The van der Waals surface area contributed by atoms with E-state index in [2.05, 4.69) is 30.7 Å². The van der Waals surface area contributed by atoms with Crippen LogP contribution in [0.5, 0.6) is 0 Å². The van der Waals surface area contributed by atoms with Gasteiger partial charge in [-0.2, -0.15) is 0 Å². The van der Waals surface area contributed by atoms with Crippen molar-refractivity contribution in [2.45, 2.75) is 19.3 Å². The molecule has 1 aliphatic rings. The zero-order valence-electron chi connectivity index (χ0n) is 5.01. The molecule has 0 bridgehead atoms. The molecule has 0 aliphatic heterocycles. The Hall–Kier alpha value is -0.520. The van der Waals surface area contributed by atoms with Crippen molar-refractivity contribution >= 4 is 0 Å². The second-order valence-electron chi connectivity index (χ2n) is 1.95. The molecule has 0 spiro atoms. The van der Waals surface area contributed by atoms with E-state index in [1.54, 1.807) is 0 Å². The molecule has 1 rings (SSSR count). The molecular weight excluding hydrogens is 96.1 g/mol. The average Bonchev–Trinajstić information content (AvgIpc) is 1.62. The van der Waals surface area contributed by atoms with Crippen LogP contribution in [0.1, 0.15) is 19.3 Å². The molecule has 0 aromatic carbocycles. The molecule has 1 radical (unpaired) electrons. The van der Waals surface area contributed by atoms with E-state index in [4.69, 9.17) is 0 Å². The van der Waals surface area contributed by atoms with Crippen LogP contribution < -0.4 is 0 Å². The lowest BCUT2D eigenvalue weighted by Crippen LogP contribution is -1.73. The van der Waals surface area contributed by atoms with Gasteiger partial charge in [-0.3, -0.25) is 0 Å². The number of hydrogen-bond donors (Lipinski definition) is 0. The minimum absolute atomic E-state index is 1.11. The molecule has 0 atom stereocenters. The van der Waals surface area contributed by atoms with Crippen molar-refractivity contribution in [3.63, 3.8) is 0 Å². The molecule has 0 saturated carbocycles. The Balaban J connectivity index is 2.31. The lowest BCUT2D eigenvalue weighted by atomic mass is 10.1. The molecule has 8 heavy (non-hydrogen) atoms. The van der Waals surface area contributed by atoms with E-state index in [0.29, 0.717) is 0 Å². The van der Waals surface area contributed by atoms with E-state index in [0.717, 1.165) is 6.42 Å². The SMILES string of the molecule is [CH]1C=CC/C=C\CC1. The monoisotopic (exact) mass is 107 g/mol.